The number of ketones is 1. The first-order chi connectivity index (χ1) is 14.6. The highest BCUT2D eigenvalue weighted by atomic mass is 35.5. The summed E-state index contributed by atoms with van der Waals surface area (Å²) in [6, 6.07) is 15.8. The molecule has 2 aromatic carbocycles. The van der Waals surface area contributed by atoms with Gasteiger partial charge in [0.2, 0.25) is 11.1 Å². The number of nitrogens with one attached hydrogen (secondary N) is 1. The molecule has 0 bridgehead atoms. The summed E-state index contributed by atoms with van der Waals surface area (Å²) in [5.74, 6) is 1.64. The van der Waals surface area contributed by atoms with Crippen molar-refractivity contribution in [2.45, 2.75) is 43.1 Å². The molecule has 2 aliphatic rings. The highest BCUT2D eigenvalue weighted by Crippen LogP contribution is 2.41. The second-order valence-electron chi connectivity index (χ2n) is 7.69. The molecule has 0 spiro atoms. The van der Waals surface area contributed by atoms with Crippen LogP contribution in [0.4, 0.5) is 5.95 Å². The van der Waals surface area contributed by atoms with Crippen molar-refractivity contribution in [3.8, 4) is 0 Å². The standard InChI is InChI=1S/C23H21ClN4OS/c1-14-5-2-6-15(11-14)13-30-23-26-22-25-18-9-4-10-19(29)20(18)21(28(22)27-23)16-7-3-8-17(24)12-16/h2-3,5-8,11-12,21H,4,9-10,13H2,1H3,(H,25,26,27). The van der Waals surface area contributed by atoms with Gasteiger partial charge in [0.25, 0.3) is 0 Å². The van der Waals surface area contributed by atoms with E-state index in [1.165, 1.54) is 11.1 Å². The SMILES string of the molecule is Cc1cccc(CSc2nc3n(n2)C(c2cccc(Cl)c2)C2=C(CCCC2=O)N3)c1. The monoisotopic (exact) mass is 436 g/mol. The normalized spacial score (nSPS) is 18.1. The number of benzene rings is 2. The number of fused-ring (bicyclic) bond motifs is 1. The van der Waals surface area contributed by atoms with E-state index in [4.69, 9.17) is 21.7 Å². The molecule has 0 saturated heterocycles. The predicted molar refractivity (Wildman–Crippen MR) is 120 cm³/mol. The van der Waals surface area contributed by atoms with Crippen LogP contribution in [-0.2, 0) is 10.5 Å². The summed E-state index contributed by atoms with van der Waals surface area (Å²) in [5.41, 5.74) is 5.18. The fourth-order valence-electron chi connectivity index (χ4n) is 4.13. The molecular formula is C23H21ClN4OS. The lowest BCUT2D eigenvalue weighted by atomic mass is 9.85. The molecule has 1 aliphatic heterocycles. The Hall–Kier alpha value is -2.57. The van der Waals surface area contributed by atoms with E-state index >= 15 is 0 Å². The number of nitrogens with zero attached hydrogens (tertiary/aromatic N) is 3. The van der Waals surface area contributed by atoms with Gasteiger partial charge < -0.3 is 5.32 Å². The van der Waals surface area contributed by atoms with Gasteiger partial charge in [0.05, 0.1) is 0 Å². The van der Waals surface area contributed by atoms with Gasteiger partial charge in [-0.25, -0.2) is 4.68 Å². The zero-order valence-corrected chi connectivity index (χ0v) is 18.1. The van der Waals surface area contributed by atoms with Gasteiger partial charge in [-0.2, -0.15) is 4.98 Å². The Kier molecular flexibility index (Phi) is 5.13. The van der Waals surface area contributed by atoms with Gasteiger partial charge in [0.1, 0.15) is 6.04 Å². The van der Waals surface area contributed by atoms with Gasteiger partial charge in [-0.05, 0) is 43.0 Å². The Morgan fingerprint density at radius 2 is 2.07 bits per heavy atom. The van der Waals surface area contributed by atoms with E-state index < -0.39 is 0 Å². The minimum Gasteiger partial charge on any atom is -0.328 e. The molecule has 3 aromatic rings. The predicted octanol–water partition coefficient (Wildman–Crippen LogP) is 5.55. The molecule has 7 heteroatoms. The van der Waals surface area contributed by atoms with E-state index in [2.05, 4.69) is 36.5 Å². The molecule has 2 heterocycles. The molecule has 0 fully saturated rings. The Bertz CT molecular complexity index is 1170. The van der Waals surface area contributed by atoms with Crippen LogP contribution >= 0.6 is 23.4 Å². The molecule has 0 radical (unpaired) electrons. The number of hydrogen-bond acceptors (Lipinski definition) is 5. The van der Waals surface area contributed by atoms with Crippen molar-refractivity contribution in [2.24, 2.45) is 0 Å². The molecule has 1 aromatic heterocycles. The minimum absolute atomic E-state index is 0.170. The van der Waals surface area contributed by atoms with Crippen molar-refractivity contribution in [1.82, 2.24) is 14.8 Å². The van der Waals surface area contributed by atoms with E-state index in [1.54, 1.807) is 11.8 Å². The van der Waals surface area contributed by atoms with Crippen LogP contribution in [0, 0.1) is 6.92 Å². The number of halogens is 1. The van der Waals surface area contributed by atoms with E-state index in [1.807, 2.05) is 28.9 Å². The number of hydrogen-bond donors (Lipinski definition) is 1. The molecule has 1 atom stereocenters. The average Bonchev–Trinajstić information content (AvgIpc) is 3.13. The average molecular weight is 437 g/mol. The van der Waals surface area contributed by atoms with Crippen molar-refractivity contribution in [1.29, 1.82) is 0 Å². The van der Waals surface area contributed by atoms with Gasteiger partial charge in [0, 0.05) is 28.5 Å². The van der Waals surface area contributed by atoms with Crippen molar-refractivity contribution in [3.05, 3.63) is 81.5 Å². The van der Waals surface area contributed by atoms with Gasteiger partial charge in [-0.15, -0.1) is 5.10 Å². The number of carbonyl (C=O) groups excluding carboxylic acids is 1. The first-order valence-corrected chi connectivity index (χ1v) is 11.4. The van der Waals surface area contributed by atoms with E-state index in [0.717, 1.165) is 35.4 Å². The summed E-state index contributed by atoms with van der Waals surface area (Å²) in [4.78, 5) is 17.6. The van der Waals surface area contributed by atoms with Crippen LogP contribution in [0.3, 0.4) is 0 Å². The van der Waals surface area contributed by atoms with E-state index in [9.17, 15) is 4.79 Å². The third-order valence-corrected chi connectivity index (χ3v) is 6.61. The quantitative estimate of drug-likeness (QED) is 0.543. The van der Waals surface area contributed by atoms with Gasteiger partial charge in [0.15, 0.2) is 5.78 Å². The smallest absolute Gasteiger partial charge is 0.227 e. The van der Waals surface area contributed by atoms with Crippen molar-refractivity contribution in [2.75, 3.05) is 5.32 Å². The van der Waals surface area contributed by atoms with Gasteiger partial charge in [-0.3, -0.25) is 4.79 Å². The van der Waals surface area contributed by atoms with E-state index in [0.29, 0.717) is 22.5 Å². The lowest BCUT2D eigenvalue weighted by molar-refractivity contribution is -0.116. The number of Topliss-reactive ketones (excluding diaryl/α,β-unsaturated/α-hetero) is 1. The molecule has 30 heavy (non-hydrogen) atoms. The van der Waals surface area contributed by atoms with E-state index in [-0.39, 0.29) is 11.8 Å². The molecule has 152 valence electrons. The molecule has 1 aliphatic carbocycles. The molecule has 1 N–H and O–H groups in total. The van der Waals surface area contributed by atoms with Crippen LogP contribution in [0.5, 0.6) is 0 Å². The van der Waals surface area contributed by atoms with Crippen LogP contribution in [0.15, 0.2) is 65.0 Å². The Morgan fingerprint density at radius 1 is 1.20 bits per heavy atom. The molecule has 0 saturated carbocycles. The molecule has 0 amide bonds. The number of carbonyl (C=O) groups is 1. The lowest BCUT2D eigenvalue weighted by Crippen LogP contribution is -2.31. The number of aromatic nitrogens is 3. The fraction of sp³-hybridized carbons (Fsp3) is 0.261. The zero-order valence-electron chi connectivity index (χ0n) is 16.6. The number of rotatable bonds is 4. The molecule has 5 rings (SSSR count). The molecule has 1 unspecified atom stereocenters. The van der Waals surface area contributed by atoms with Crippen LogP contribution < -0.4 is 5.32 Å². The zero-order chi connectivity index (χ0) is 20.7. The fourth-order valence-corrected chi connectivity index (χ4v) is 5.10. The number of anilines is 1. The highest BCUT2D eigenvalue weighted by molar-refractivity contribution is 7.98. The molecule has 5 nitrogen and oxygen atoms in total. The largest absolute Gasteiger partial charge is 0.328 e. The van der Waals surface area contributed by atoms with Crippen molar-refractivity contribution < 1.29 is 4.79 Å². The first-order valence-electron chi connectivity index (χ1n) is 10.0. The van der Waals surface area contributed by atoms with Crippen LogP contribution in [-0.4, -0.2) is 20.5 Å². The Morgan fingerprint density at radius 3 is 2.90 bits per heavy atom. The van der Waals surface area contributed by atoms with Crippen molar-refractivity contribution in [3.63, 3.8) is 0 Å². The number of thioether (sulfide) groups is 1. The summed E-state index contributed by atoms with van der Waals surface area (Å²) >= 11 is 7.87. The number of allylic oxidation sites excluding steroid dienone is 2. The Labute approximate surface area is 184 Å². The minimum atomic E-state index is -0.302. The van der Waals surface area contributed by atoms with Crippen LogP contribution in [0.2, 0.25) is 5.02 Å². The first kappa shape index (κ1) is 19.4. The third kappa shape index (κ3) is 3.66. The summed E-state index contributed by atoms with van der Waals surface area (Å²) in [5, 5.41) is 9.49. The molecular weight excluding hydrogens is 416 g/mol. The topological polar surface area (TPSA) is 59.8 Å². The lowest BCUT2D eigenvalue weighted by Gasteiger charge is -2.32. The maximum absolute atomic E-state index is 12.9. The van der Waals surface area contributed by atoms with Gasteiger partial charge >= 0.3 is 0 Å². The number of aryl methyl sites for hydroxylation is 1. The van der Waals surface area contributed by atoms with Crippen molar-refractivity contribution >= 4 is 35.1 Å². The Balaban J connectivity index is 1.51. The summed E-state index contributed by atoms with van der Waals surface area (Å²) < 4.78 is 1.84. The summed E-state index contributed by atoms with van der Waals surface area (Å²) in [7, 11) is 0. The summed E-state index contributed by atoms with van der Waals surface area (Å²) in [6.07, 6.45) is 2.27. The third-order valence-electron chi connectivity index (χ3n) is 5.46. The van der Waals surface area contributed by atoms with Crippen LogP contribution in [0.1, 0.15) is 42.0 Å². The van der Waals surface area contributed by atoms with Crippen LogP contribution in [0.25, 0.3) is 0 Å². The highest BCUT2D eigenvalue weighted by Gasteiger charge is 2.36. The second-order valence-corrected chi connectivity index (χ2v) is 9.07. The maximum atomic E-state index is 12.9. The maximum Gasteiger partial charge on any atom is 0.227 e. The second kappa shape index (κ2) is 7.93. The summed E-state index contributed by atoms with van der Waals surface area (Å²) in [6.45, 7) is 2.09. The van der Waals surface area contributed by atoms with Gasteiger partial charge in [-0.1, -0.05) is 65.3 Å².